The molecular formula is C32H25ClN2O4S2. The lowest BCUT2D eigenvalue weighted by Crippen LogP contribution is -2.39. The van der Waals surface area contributed by atoms with E-state index < -0.39 is 12.0 Å². The summed E-state index contributed by atoms with van der Waals surface area (Å²) in [5.74, 6) is 0.131. The number of carbonyl (C=O) groups excluding carboxylic acids is 1. The molecule has 0 unspecified atom stereocenters. The van der Waals surface area contributed by atoms with Crippen LogP contribution in [0.4, 0.5) is 0 Å². The standard InChI is InChI=1S/C32H25ClN2O4S2/c1-3-38-31(37)28-19(2)34-32-35(29(28)26-12-7-15-40-26)30(36)27(41-32)17-22-16-23(33)13-14-25(22)39-18-21-10-6-9-20-8-4-5-11-24(20)21/h4-17,29H,3,18H2,1-2H3/b27-17-/t29-/m1/s1. The topological polar surface area (TPSA) is 69.9 Å². The minimum absolute atomic E-state index is 0.230. The highest BCUT2D eigenvalue weighted by atomic mass is 35.5. The Bertz CT molecular complexity index is 1980. The third-order valence-corrected chi connectivity index (χ3v) is 8.99. The maximum atomic E-state index is 13.9. The highest BCUT2D eigenvalue weighted by Crippen LogP contribution is 2.33. The highest BCUT2D eigenvalue weighted by molar-refractivity contribution is 7.10. The van der Waals surface area contributed by atoms with Gasteiger partial charge in [-0.1, -0.05) is 71.5 Å². The number of thiophene rings is 1. The van der Waals surface area contributed by atoms with E-state index in [1.54, 1.807) is 36.6 Å². The minimum Gasteiger partial charge on any atom is -0.488 e. The number of aromatic nitrogens is 1. The van der Waals surface area contributed by atoms with Crippen molar-refractivity contribution in [2.45, 2.75) is 26.5 Å². The van der Waals surface area contributed by atoms with Crippen LogP contribution in [0.15, 0.2) is 99.2 Å². The summed E-state index contributed by atoms with van der Waals surface area (Å²) in [5, 5.41) is 4.72. The second kappa shape index (κ2) is 11.5. The molecule has 0 saturated carbocycles. The van der Waals surface area contributed by atoms with Crippen LogP contribution >= 0.6 is 34.3 Å². The van der Waals surface area contributed by atoms with Gasteiger partial charge in [-0.2, -0.15) is 0 Å². The fourth-order valence-electron chi connectivity index (χ4n) is 4.99. The molecule has 3 heterocycles. The van der Waals surface area contributed by atoms with Crippen LogP contribution in [0.2, 0.25) is 5.02 Å². The maximum absolute atomic E-state index is 13.9. The van der Waals surface area contributed by atoms with E-state index in [4.69, 9.17) is 21.1 Å². The van der Waals surface area contributed by atoms with E-state index in [-0.39, 0.29) is 12.2 Å². The van der Waals surface area contributed by atoms with Crippen LogP contribution in [-0.4, -0.2) is 17.1 Å². The Hall–Kier alpha value is -3.98. The van der Waals surface area contributed by atoms with Crippen LogP contribution in [0.5, 0.6) is 5.75 Å². The Morgan fingerprint density at radius 3 is 2.73 bits per heavy atom. The van der Waals surface area contributed by atoms with Crippen LogP contribution in [0.1, 0.15) is 35.9 Å². The number of esters is 1. The van der Waals surface area contributed by atoms with Gasteiger partial charge < -0.3 is 9.47 Å². The van der Waals surface area contributed by atoms with Crippen molar-refractivity contribution in [3.63, 3.8) is 0 Å². The second-order valence-electron chi connectivity index (χ2n) is 9.43. The average molecular weight is 601 g/mol. The van der Waals surface area contributed by atoms with E-state index in [0.29, 0.717) is 43.5 Å². The van der Waals surface area contributed by atoms with Gasteiger partial charge in [0, 0.05) is 15.5 Å². The molecule has 6 rings (SSSR count). The van der Waals surface area contributed by atoms with Gasteiger partial charge in [0.05, 0.1) is 22.4 Å². The summed E-state index contributed by atoms with van der Waals surface area (Å²) in [6.07, 6.45) is 1.78. The summed E-state index contributed by atoms with van der Waals surface area (Å²) in [6, 6.07) is 22.9. The van der Waals surface area contributed by atoms with Gasteiger partial charge in [0.2, 0.25) is 0 Å². The smallest absolute Gasteiger partial charge is 0.338 e. The predicted molar refractivity (Wildman–Crippen MR) is 164 cm³/mol. The third kappa shape index (κ3) is 5.26. The summed E-state index contributed by atoms with van der Waals surface area (Å²) < 4.78 is 13.7. The van der Waals surface area contributed by atoms with E-state index in [2.05, 4.69) is 23.2 Å². The van der Waals surface area contributed by atoms with Crippen LogP contribution in [0.25, 0.3) is 16.8 Å². The molecule has 2 aromatic heterocycles. The number of hydrogen-bond acceptors (Lipinski definition) is 7. The Kier molecular flexibility index (Phi) is 7.62. The average Bonchev–Trinajstić information content (AvgIpc) is 3.60. The Labute approximate surface area is 249 Å². The maximum Gasteiger partial charge on any atom is 0.338 e. The molecule has 0 N–H and O–H groups in total. The van der Waals surface area contributed by atoms with Crippen LogP contribution in [0.3, 0.4) is 0 Å². The third-order valence-electron chi connectivity index (χ3n) is 6.85. The fraction of sp³-hybridized carbons (Fsp3) is 0.156. The Balaban J connectivity index is 1.42. The molecule has 41 heavy (non-hydrogen) atoms. The monoisotopic (exact) mass is 600 g/mol. The highest BCUT2D eigenvalue weighted by Gasteiger charge is 2.33. The first kappa shape index (κ1) is 27.2. The number of nitrogens with zero attached hydrogens (tertiary/aromatic N) is 2. The number of carbonyl (C=O) groups is 1. The summed E-state index contributed by atoms with van der Waals surface area (Å²) in [5.41, 5.74) is 2.39. The zero-order valence-corrected chi connectivity index (χ0v) is 24.7. The SMILES string of the molecule is CCOC(=O)C1=C(C)N=c2s/c(=C\c3cc(Cl)ccc3OCc3cccc4ccccc34)c(=O)n2[C@@H]1c1cccs1. The van der Waals surface area contributed by atoms with Crippen LogP contribution in [-0.2, 0) is 16.1 Å². The summed E-state index contributed by atoms with van der Waals surface area (Å²) in [7, 11) is 0. The van der Waals surface area contributed by atoms with E-state index in [1.807, 2.05) is 47.8 Å². The number of benzene rings is 3. The van der Waals surface area contributed by atoms with Crippen molar-refractivity contribution in [2.24, 2.45) is 4.99 Å². The van der Waals surface area contributed by atoms with Crippen LogP contribution < -0.4 is 19.6 Å². The number of thiazole rings is 1. The molecular weight excluding hydrogens is 576 g/mol. The molecule has 5 aromatic rings. The normalized spacial score (nSPS) is 15.1. The molecule has 0 saturated heterocycles. The van der Waals surface area contributed by atoms with E-state index in [9.17, 15) is 9.59 Å². The molecule has 9 heteroatoms. The predicted octanol–water partition coefficient (Wildman–Crippen LogP) is 6.25. The Morgan fingerprint density at radius 1 is 1.10 bits per heavy atom. The number of halogens is 1. The summed E-state index contributed by atoms with van der Waals surface area (Å²) >= 11 is 9.13. The minimum atomic E-state index is -0.617. The lowest BCUT2D eigenvalue weighted by Gasteiger charge is -2.23. The Morgan fingerprint density at radius 2 is 1.93 bits per heavy atom. The van der Waals surface area contributed by atoms with Crippen LogP contribution in [0, 0.1) is 0 Å². The fourth-order valence-corrected chi connectivity index (χ4v) is 7.03. The molecule has 0 radical (unpaired) electrons. The van der Waals surface area contributed by atoms with E-state index in [0.717, 1.165) is 21.2 Å². The quantitative estimate of drug-likeness (QED) is 0.207. The van der Waals surface area contributed by atoms with Gasteiger partial charge in [0.25, 0.3) is 5.56 Å². The molecule has 1 aliphatic heterocycles. The van der Waals surface area contributed by atoms with Gasteiger partial charge in [-0.3, -0.25) is 9.36 Å². The van der Waals surface area contributed by atoms with Gasteiger partial charge in [-0.05, 0) is 65.9 Å². The van der Waals surface area contributed by atoms with Crippen molar-refractivity contribution in [3.8, 4) is 5.75 Å². The van der Waals surface area contributed by atoms with Crippen molar-refractivity contribution < 1.29 is 14.3 Å². The number of fused-ring (bicyclic) bond motifs is 2. The lowest BCUT2D eigenvalue weighted by atomic mass is 10.0. The van der Waals surface area contributed by atoms with Gasteiger partial charge in [-0.15, -0.1) is 11.3 Å². The van der Waals surface area contributed by atoms with Gasteiger partial charge in [-0.25, -0.2) is 9.79 Å². The van der Waals surface area contributed by atoms with Crippen molar-refractivity contribution in [2.75, 3.05) is 6.61 Å². The zero-order chi connectivity index (χ0) is 28.5. The molecule has 0 amide bonds. The van der Waals surface area contributed by atoms with Crippen molar-refractivity contribution in [3.05, 3.63) is 130 Å². The molecule has 1 aliphatic rings. The molecule has 0 aliphatic carbocycles. The molecule has 0 fully saturated rings. The van der Waals surface area contributed by atoms with E-state index in [1.165, 1.54) is 22.7 Å². The largest absolute Gasteiger partial charge is 0.488 e. The molecule has 206 valence electrons. The number of allylic oxidation sites excluding steroid dienone is 1. The number of ether oxygens (including phenoxy) is 2. The summed E-state index contributed by atoms with van der Waals surface area (Å²) in [6.45, 7) is 4.12. The first-order chi connectivity index (χ1) is 19.9. The first-order valence-corrected chi connectivity index (χ1v) is 15.1. The van der Waals surface area contributed by atoms with Gasteiger partial charge >= 0.3 is 5.97 Å². The summed E-state index contributed by atoms with van der Waals surface area (Å²) in [4.78, 5) is 32.9. The molecule has 3 aromatic carbocycles. The van der Waals surface area contributed by atoms with Gasteiger partial charge in [0.15, 0.2) is 4.80 Å². The lowest BCUT2D eigenvalue weighted by molar-refractivity contribution is -0.139. The van der Waals surface area contributed by atoms with Crippen molar-refractivity contribution in [1.29, 1.82) is 0 Å². The number of rotatable bonds is 7. The number of hydrogen-bond donors (Lipinski definition) is 0. The van der Waals surface area contributed by atoms with Gasteiger partial charge in [0.1, 0.15) is 18.4 Å². The molecule has 0 spiro atoms. The zero-order valence-electron chi connectivity index (χ0n) is 22.3. The second-order valence-corrected chi connectivity index (χ2v) is 11.9. The van der Waals surface area contributed by atoms with Crippen molar-refractivity contribution in [1.82, 2.24) is 4.57 Å². The first-order valence-electron chi connectivity index (χ1n) is 13.1. The molecule has 1 atom stereocenters. The van der Waals surface area contributed by atoms with E-state index >= 15 is 0 Å². The molecule has 0 bridgehead atoms. The molecule has 6 nitrogen and oxygen atoms in total. The van der Waals surface area contributed by atoms with Crippen molar-refractivity contribution >= 4 is 57.1 Å².